The predicted molar refractivity (Wildman–Crippen MR) is 128 cm³/mol. The average molecular weight is 430 g/mol. The molecule has 1 saturated heterocycles. The van der Waals surface area contributed by atoms with Crippen molar-refractivity contribution in [3.05, 3.63) is 101 Å². The van der Waals surface area contributed by atoms with Gasteiger partial charge in [-0.3, -0.25) is 4.79 Å². The highest BCUT2D eigenvalue weighted by molar-refractivity contribution is 5.94. The van der Waals surface area contributed by atoms with Crippen LogP contribution in [0.5, 0.6) is 5.75 Å². The van der Waals surface area contributed by atoms with Gasteiger partial charge in [-0.25, -0.2) is 0 Å². The van der Waals surface area contributed by atoms with Crippen LogP contribution in [0.3, 0.4) is 0 Å². The van der Waals surface area contributed by atoms with Gasteiger partial charge in [0.05, 0.1) is 20.2 Å². The van der Waals surface area contributed by atoms with E-state index in [2.05, 4.69) is 47.8 Å². The van der Waals surface area contributed by atoms with Crippen LogP contribution in [0.4, 0.5) is 0 Å². The fourth-order valence-corrected chi connectivity index (χ4v) is 4.50. The van der Waals surface area contributed by atoms with Crippen LogP contribution in [0.1, 0.15) is 39.9 Å². The van der Waals surface area contributed by atoms with Crippen LogP contribution >= 0.6 is 0 Å². The molecule has 0 unspecified atom stereocenters. The summed E-state index contributed by atoms with van der Waals surface area (Å²) < 4.78 is 5.17. The molecule has 3 aromatic carbocycles. The Morgan fingerprint density at radius 2 is 1.53 bits per heavy atom. The average Bonchev–Trinajstić information content (AvgIpc) is 2.85. The summed E-state index contributed by atoms with van der Waals surface area (Å²) in [6.45, 7) is 3.99. The number of hydrogen-bond donors (Lipinski definition) is 2. The van der Waals surface area contributed by atoms with Gasteiger partial charge >= 0.3 is 0 Å². The maximum atomic E-state index is 12.5. The van der Waals surface area contributed by atoms with Gasteiger partial charge in [0.15, 0.2) is 0 Å². The van der Waals surface area contributed by atoms with E-state index in [4.69, 9.17) is 4.74 Å². The molecule has 1 fully saturated rings. The van der Waals surface area contributed by atoms with E-state index in [1.165, 1.54) is 43.5 Å². The summed E-state index contributed by atoms with van der Waals surface area (Å²) in [6, 6.07) is 26.7. The van der Waals surface area contributed by atoms with Gasteiger partial charge in [0, 0.05) is 17.7 Å². The van der Waals surface area contributed by atoms with E-state index >= 15 is 0 Å². The van der Waals surface area contributed by atoms with Crippen LogP contribution in [-0.4, -0.2) is 26.1 Å². The van der Waals surface area contributed by atoms with Gasteiger partial charge in [-0.05, 0) is 60.6 Å². The Morgan fingerprint density at radius 3 is 2.19 bits per heavy atom. The number of piperidine rings is 1. The Morgan fingerprint density at radius 1 is 0.875 bits per heavy atom. The van der Waals surface area contributed by atoms with Crippen molar-refractivity contribution in [2.45, 2.75) is 32.4 Å². The fraction of sp³-hybridized carbons (Fsp3) is 0.321. The second-order valence-corrected chi connectivity index (χ2v) is 8.79. The summed E-state index contributed by atoms with van der Waals surface area (Å²) in [5, 5.41) is 2.99. The summed E-state index contributed by atoms with van der Waals surface area (Å²) in [5.74, 6) is 1.58. The van der Waals surface area contributed by atoms with E-state index < -0.39 is 0 Å². The molecule has 4 heteroatoms. The molecule has 0 atom stereocenters. The van der Waals surface area contributed by atoms with Gasteiger partial charge in [-0.15, -0.1) is 0 Å². The topological polar surface area (TPSA) is 42.8 Å². The quantitative estimate of drug-likeness (QED) is 0.574. The number of nitrogens with one attached hydrogen (secondary N) is 2. The minimum atomic E-state index is -0.0403. The van der Waals surface area contributed by atoms with Crippen molar-refractivity contribution in [3.8, 4) is 5.75 Å². The molecular formula is C28H33N2O2+. The molecule has 3 aromatic rings. The predicted octanol–water partition coefficient (Wildman–Crippen LogP) is 3.66. The number of ether oxygens (including phenoxy) is 1. The molecule has 2 N–H and O–H groups in total. The lowest BCUT2D eigenvalue weighted by Gasteiger charge is -2.29. The van der Waals surface area contributed by atoms with E-state index in [1.807, 2.05) is 36.4 Å². The highest BCUT2D eigenvalue weighted by atomic mass is 16.5. The van der Waals surface area contributed by atoms with Gasteiger partial charge in [-0.2, -0.15) is 0 Å². The number of carbonyl (C=O) groups is 1. The molecule has 166 valence electrons. The first-order valence-corrected chi connectivity index (χ1v) is 11.6. The Hall–Kier alpha value is -3.11. The van der Waals surface area contributed by atoms with Crippen molar-refractivity contribution in [2.75, 3.05) is 20.2 Å². The van der Waals surface area contributed by atoms with Crippen molar-refractivity contribution in [3.63, 3.8) is 0 Å². The van der Waals surface area contributed by atoms with Crippen molar-refractivity contribution in [2.24, 2.45) is 5.92 Å². The first-order valence-electron chi connectivity index (χ1n) is 11.6. The van der Waals surface area contributed by atoms with Crippen LogP contribution in [0.15, 0.2) is 78.9 Å². The molecule has 0 saturated carbocycles. The van der Waals surface area contributed by atoms with Crippen LogP contribution in [0.25, 0.3) is 0 Å². The Bertz CT molecular complexity index is 976. The SMILES string of the molecule is COc1ccc(CNC(=O)c2ccc(C[NH+]3CCC(Cc4ccccc4)CC3)cc2)cc1. The van der Waals surface area contributed by atoms with Crippen LogP contribution in [0, 0.1) is 5.92 Å². The molecule has 4 rings (SSSR count). The molecule has 4 nitrogen and oxygen atoms in total. The van der Waals surface area contributed by atoms with Gasteiger partial charge < -0.3 is 15.0 Å². The summed E-state index contributed by atoms with van der Waals surface area (Å²) in [5.41, 5.74) is 4.52. The van der Waals surface area contributed by atoms with Crippen LogP contribution in [0.2, 0.25) is 0 Å². The molecule has 1 heterocycles. The maximum absolute atomic E-state index is 12.5. The zero-order chi connectivity index (χ0) is 22.2. The second kappa shape index (κ2) is 11.0. The second-order valence-electron chi connectivity index (χ2n) is 8.79. The number of hydrogen-bond acceptors (Lipinski definition) is 2. The molecule has 0 spiro atoms. The Kier molecular flexibility index (Phi) is 7.57. The highest BCUT2D eigenvalue weighted by Crippen LogP contribution is 2.17. The van der Waals surface area contributed by atoms with Crippen molar-refractivity contribution in [1.82, 2.24) is 5.32 Å². The van der Waals surface area contributed by atoms with Gasteiger partial charge in [0.2, 0.25) is 0 Å². The number of amides is 1. The van der Waals surface area contributed by atoms with Crippen molar-refractivity contribution >= 4 is 5.91 Å². The van der Waals surface area contributed by atoms with Gasteiger partial charge in [0.1, 0.15) is 12.3 Å². The first kappa shape index (κ1) is 22.1. The molecule has 0 bridgehead atoms. The molecule has 0 aromatic heterocycles. The standard InChI is InChI=1S/C28H32N2O2/c1-32-27-13-9-24(10-14-27)20-29-28(31)26-11-7-25(8-12-26)21-30-17-15-23(16-18-30)19-22-5-3-2-4-6-22/h2-14,23H,15-21H2,1H3,(H,29,31)/p+1. The smallest absolute Gasteiger partial charge is 0.251 e. The maximum Gasteiger partial charge on any atom is 0.251 e. The summed E-state index contributed by atoms with van der Waals surface area (Å²) in [7, 11) is 1.65. The van der Waals surface area contributed by atoms with E-state index in [0.29, 0.717) is 12.1 Å². The van der Waals surface area contributed by atoms with E-state index in [-0.39, 0.29) is 5.91 Å². The number of quaternary nitrogens is 1. The Labute approximate surface area is 191 Å². The monoisotopic (exact) mass is 429 g/mol. The minimum absolute atomic E-state index is 0.0403. The molecule has 0 aliphatic carbocycles. The lowest BCUT2D eigenvalue weighted by Crippen LogP contribution is -3.11. The highest BCUT2D eigenvalue weighted by Gasteiger charge is 2.22. The van der Waals surface area contributed by atoms with Crippen LogP contribution in [-0.2, 0) is 19.5 Å². The van der Waals surface area contributed by atoms with Gasteiger partial charge in [-0.1, -0.05) is 54.6 Å². The fourth-order valence-electron chi connectivity index (χ4n) is 4.50. The third-order valence-corrected chi connectivity index (χ3v) is 6.46. The van der Waals surface area contributed by atoms with Crippen molar-refractivity contribution < 1.29 is 14.4 Å². The zero-order valence-corrected chi connectivity index (χ0v) is 18.8. The Balaban J connectivity index is 1.21. The number of rotatable bonds is 8. The third-order valence-electron chi connectivity index (χ3n) is 6.46. The lowest BCUT2D eigenvalue weighted by molar-refractivity contribution is -0.919. The number of likely N-dealkylation sites (tertiary alicyclic amines) is 1. The lowest BCUT2D eigenvalue weighted by atomic mass is 9.90. The largest absolute Gasteiger partial charge is 0.497 e. The molecule has 1 aliphatic rings. The first-order chi connectivity index (χ1) is 15.7. The van der Waals surface area contributed by atoms with E-state index in [0.717, 1.165) is 23.8 Å². The molecule has 32 heavy (non-hydrogen) atoms. The normalized spacial score (nSPS) is 18.2. The van der Waals surface area contributed by atoms with Gasteiger partial charge in [0.25, 0.3) is 5.91 Å². The molecule has 1 aliphatic heterocycles. The third kappa shape index (κ3) is 6.21. The summed E-state index contributed by atoms with van der Waals surface area (Å²) in [6.07, 6.45) is 3.78. The number of carbonyl (C=O) groups excluding carboxylic acids is 1. The summed E-state index contributed by atoms with van der Waals surface area (Å²) >= 11 is 0. The minimum Gasteiger partial charge on any atom is -0.497 e. The van der Waals surface area contributed by atoms with Crippen molar-refractivity contribution in [1.29, 1.82) is 0 Å². The number of benzene rings is 3. The zero-order valence-electron chi connectivity index (χ0n) is 18.8. The number of methoxy groups -OCH3 is 1. The molecular weight excluding hydrogens is 396 g/mol. The molecule has 1 amide bonds. The molecule has 0 radical (unpaired) electrons. The summed E-state index contributed by atoms with van der Waals surface area (Å²) in [4.78, 5) is 14.1. The van der Waals surface area contributed by atoms with E-state index in [1.54, 1.807) is 12.0 Å². The van der Waals surface area contributed by atoms with E-state index in [9.17, 15) is 4.79 Å². The van der Waals surface area contributed by atoms with Crippen LogP contribution < -0.4 is 15.0 Å².